The zero-order valence-electron chi connectivity index (χ0n) is 11.0. The van der Waals surface area contributed by atoms with Crippen molar-refractivity contribution in [2.24, 2.45) is 0 Å². The van der Waals surface area contributed by atoms with Gasteiger partial charge in [-0.1, -0.05) is 18.2 Å². The average molecular weight is 328 g/mol. The van der Waals surface area contributed by atoms with E-state index in [0.29, 0.717) is 0 Å². The van der Waals surface area contributed by atoms with E-state index in [-0.39, 0.29) is 0 Å². The van der Waals surface area contributed by atoms with Crippen molar-refractivity contribution in [3.8, 4) is 0 Å². The van der Waals surface area contributed by atoms with Crippen LogP contribution < -0.4 is 11.1 Å². The third-order valence-corrected chi connectivity index (χ3v) is 4.38. The van der Waals surface area contributed by atoms with Crippen LogP contribution in [0.4, 0.5) is 17.1 Å². The van der Waals surface area contributed by atoms with Crippen molar-refractivity contribution in [2.75, 3.05) is 11.1 Å². The monoisotopic (exact) mass is 327 g/mol. The van der Waals surface area contributed by atoms with E-state index in [2.05, 4.69) is 39.2 Å². The largest absolute Gasteiger partial charge is 0.397 e. The lowest BCUT2D eigenvalue weighted by atomic mass is 10.1. The van der Waals surface area contributed by atoms with Crippen LogP contribution in [0.2, 0.25) is 0 Å². The Labute approximate surface area is 126 Å². The molecule has 0 aliphatic rings. The van der Waals surface area contributed by atoms with Gasteiger partial charge in [-0.15, -0.1) is 0 Å². The highest BCUT2D eigenvalue weighted by molar-refractivity contribution is 9.10. The number of nitrogens with one attached hydrogen (secondary N) is 1. The fourth-order valence-corrected chi connectivity index (χ4v) is 2.55. The Hall–Kier alpha value is -2.07. The molecule has 0 saturated heterocycles. The van der Waals surface area contributed by atoms with Gasteiger partial charge >= 0.3 is 0 Å². The molecular formula is C16H14BrN3. The molecule has 4 heteroatoms. The van der Waals surface area contributed by atoms with Gasteiger partial charge in [-0.3, -0.25) is 4.98 Å². The summed E-state index contributed by atoms with van der Waals surface area (Å²) in [5.41, 5.74) is 10.1. The molecule has 20 heavy (non-hydrogen) atoms. The normalized spacial score (nSPS) is 10.7. The third kappa shape index (κ3) is 2.23. The molecule has 3 nitrogen and oxygen atoms in total. The average Bonchev–Trinajstić information content (AvgIpc) is 2.47. The minimum Gasteiger partial charge on any atom is -0.397 e. The molecule has 0 unspecified atom stereocenters. The molecule has 3 rings (SSSR count). The van der Waals surface area contributed by atoms with Crippen LogP contribution in [0.15, 0.2) is 53.3 Å². The number of fused-ring (bicyclic) bond motifs is 1. The molecule has 0 saturated carbocycles. The van der Waals surface area contributed by atoms with Crippen LogP contribution in [0.25, 0.3) is 10.8 Å². The van der Waals surface area contributed by atoms with Gasteiger partial charge < -0.3 is 11.1 Å². The number of anilines is 3. The number of hydrogen-bond donors (Lipinski definition) is 2. The molecule has 0 amide bonds. The zero-order chi connectivity index (χ0) is 14.1. The van der Waals surface area contributed by atoms with Gasteiger partial charge in [-0.25, -0.2) is 0 Å². The number of nitrogen functional groups attached to an aromatic ring is 1. The van der Waals surface area contributed by atoms with Gasteiger partial charge in [0.2, 0.25) is 0 Å². The van der Waals surface area contributed by atoms with Crippen molar-refractivity contribution >= 4 is 43.8 Å². The summed E-state index contributed by atoms with van der Waals surface area (Å²) in [4.78, 5) is 4.11. The molecule has 3 aromatic rings. The first-order valence-corrected chi connectivity index (χ1v) is 7.10. The maximum atomic E-state index is 6.25. The predicted molar refractivity (Wildman–Crippen MR) is 88.3 cm³/mol. The first-order chi connectivity index (χ1) is 9.66. The molecule has 0 aliphatic carbocycles. The Balaban J connectivity index is 2.07. The number of pyridine rings is 1. The molecule has 100 valence electrons. The Bertz CT molecular complexity index is 784. The highest BCUT2D eigenvalue weighted by atomic mass is 79.9. The lowest BCUT2D eigenvalue weighted by Crippen LogP contribution is -1.98. The summed E-state index contributed by atoms with van der Waals surface area (Å²) in [7, 11) is 0. The molecule has 0 spiro atoms. The van der Waals surface area contributed by atoms with Crippen molar-refractivity contribution in [3.05, 3.63) is 58.8 Å². The molecule has 3 N–H and O–H groups in total. The van der Waals surface area contributed by atoms with Gasteiger partial charge in [0.15, 0.2) is 0 Å². The van der Waals surface area contributed by atoms with Gasteiger partial charge in [0.1, 0.15) is 0 Å². The summed E-state index contributed by atoms with van der Waals surface area (Å²) < 4.78 is 1.05. The SMILES string of the molecule is Cc1cccc(Nc2ccc3cnccc3c2N)c1Br. The first-order valence-electron chi connectivity index (χ1n) is 6.31. The highest BCUT2D eigenvalue weighted by Gasteiger charge is 2.07. The van der Waals surface area contributed by atoms with Gasteiger partial charge in [-0.05, 0) is 46.6 Å². The second-order valence-corrected chi connectivity index (χ2v) is 5.48. The van der Waals surface area contributed by atoms with Crippen molar-refractivity contribution in [1.29, 1.82) is 0 Å². The van der Waals surface area contributed by atoms with E-state index in [1.807, 2.05) is 36.5 Å². The van der Waals surface area contributed by atoms with E-state index >= 15 is 0 Å². The number of benzene rings is 2. The summed E-state index contributed by atoms with van der Waals surface area (Å²) in [6, 6.07) is 12.0. The highest BCUT2D eigenvalue weighted by Crippen LogP contribution is 2.33. The minimum absolute atomic E-state index is 0.735. The molecule has 0 aliphatic heterocycles. The van der Waals surface area contributed by atoms with Crippen LogP contribution in [0.1, 0.15) is 5.56 Å². The van der Waals surface area contributed by atoms with E-state index in [9.17, 15) is 0 Å². The second kappa shape index (κ2) is 5.13. The van der Waals surface area contributed by atoms with Crippen molar-refractivity contribution in [1.82, 2.24) is 4.98 Å². The van der Waals surface area contributed by atoms with Gasteiger partial charge in [-0.2, -0.15) is 0 Å². The molecule has 0 fully saturated rings. The number of nitrogens with zero attached hydrogens (tertiary/aromatic N) is 1. The number of nitrogens with two attached hydrogens (primary N) is 1. The van der Waals surface area contributed by atoms with Crippen molar-refractivity contribution in [3.63, 3.8) is 0 Å². The molecule has 2 aromatic carbocycles. The summed E-state index contributed by atoms with van der Waals surface area (Å²) in [5, 5.41) is 5.43. The number of rotatable bonds is 2. The molecule has 1 aromatic heterocycles. The second-order valence-electron chi connectivity index (χ2n) is 4.69. The van der Waals surface area contributed by atoms with E-state index in [0.717, 1.165) is 32.3 Å². The summed E-state index contributed by atoms with van der Waals surface area (Å²) in [5.74, 6) is 0. The van der Waals surface area contributed by atoms with Crippen LogP contribution in [0.5, 0.6) is 0 Å². The Morgan fingerprint density at radius 3 is 2.80 bits per heavy atom. The predicted octanol–water partition coefficient (Wildman–Crippen LogP) is 4.63. The molecular weight excluding hydrogens is 314 g/mol. The fraction of sp³-hybridized carbons (Fsp3) is 0.0625. The Kier molecular flexibility index (Phi) is 3.32. The molecule has 0 atom stereocenters. The van der Waals surface area contributed by atoms with Crippen LogP contribution in [0.3, 0.4) is 0 Å². The van der Waals surface area contributed by atoms with Gasteiger partial charge in [0.25, 0.3) is 0 Å². The quantitative estimate of drug-likeness (QED) is 0.674. The number of hydrogen-bond acceptors (Lipinski definition) is 3. The lowest BCUT2D eigenvalue weighted by molar-refractivity contribution is 1.36. The number of halogens is 1. The van der Waals surface area contributed by atoms with Crippen molar-refractivity contribution < 1.29 is 0 Å². The van der Waals surface area contributed by atoms with E-state index in [4.69, 9.17) is 5.73 Å². The topological polar surface area (TPSA) is 50.9 Å². The van der Waals surface area contributed by atoms with Gasteiger partial charge in [0.05, 0.1) is 17.1 Å². The lowest BCUT2D eigenvalue weighted by Gasteiger charge is -2.13. The van der Waals surface area contributed by atoms with E-state index in [1.165, 1.54) is 5.56 Å². The smallest absolute Gasteiger partial charge is 0.0634 e. The molecule has 0 bridgehead atoms. The summed E-state index contributed by atoms with van der Waals surface area (Å²) in [6.07, 6.45) is 3.57. The number of aromatic nitrogens is 1. The third-order valence-electron chi connectivity index (χ3n) is 3.32. The van der Waals surface area contributed by atoms with E-state index in [1.54, 1.807) is 6.20 Å². The minimum atomic E-state index is 0.735. The van der Waals surface area contributed by atoms with Crippen LogP contribution in [-0.4, -0.2) is 4.98 Å². The Morgan fingerprint density at radius 2 is 1.95 bits per heavy atom. The van der Waals surface area contributed by atoms with E-state index < -0.39 is 0 Å². The standard InChI is InChI=1S/C16H14BrN3/c1-10-3-2-4-13(15(10)17)20-14-6-5-11-9-19-8-7-12(11)16(14)18/h2-9,20H,18H2,1H3. The molecule has 0 radical (unpaired) electrons. The zero-order valence-corrected chi connectivity index (χ0v) is 12.6. The maximum absolute atomic E-state index is 6.25. The van der Waals surface area contributed by atoms with Crippen LogP contribution in [-0.2, 0) is 0 Å². The molecule has 1 heterocycles. The number of aryl methyl sites for hydroxylation is 1. The van der Waals surface area contributed by atoms with Crippen LogP contribution >= 0.6 is 15.9 Å². The summed E-state index contributed by atoms with van der Waals surface area (Å²) >= 11 is 3.60. The summed E-state index contributed by atoms with van der Waals surface area (Å²) in [6.45, 7) is 2.06. The fourth-order valence-electron chi connectivity index (χ4n) is 2.19. The first kappa shape index (κ1) is 12.9. The van der Waals surface area contributed by atoms with Gasteiger partial charge in [0, 0.05) is 27.6 Å². The van der Waals surface area contributed by atoms with Crippen molar-refractivity contribution in [2.45, 2.75) is 6.92 Å². The maximum Gasteiger partial charge on any atom is 0.0634 e. The Morgan fingerprint density at radius 1 is 1.10 bits per heavy atom. The van der Waals surface area contributed by atoms with Crippen LogP contribution in [0, 0.1) is 6.92 Å².